The van der Waals surface area contributed by atoms with Crippen LogP contribution in [0, 0.1) is 5.41 Å². The maximum absolute atomic E-state index is 12.4. The Bertz CT molecular complexity index is 704. The molecule has 0 saturated heterocycles. The number of nitrogens with one attached hydrogen (secondary N) is 2. The Balaban J connectivity index is 1.87. The molecule has 0 aromatic heterocycles. The Labute approximate surface area is 172 Å². The minimum absolute atomic E-state index is 0.248. The molecular formula is C22H32N2O5. The summed E-state index contributed by atoms with van der Waals surface area (Å²) in [6.07, 6.45) is 3.27. The van der Waals surface area contributed by atoms with Crippen LogP contribution in [0.25, 0.3) is 0 Å². The third-order valence-electron chi connectivity index (χ3n) is 5.41. The molecule has 2 atom stereocenters. The van der Waals surface area contributed by atoms with E-state index in [2.05, 4.69) is 10.6 Å². The monoisotopic (exact) mass is 404 g/mol. The molecule has 1 aromatic rings. The summed E-state index contributed by atoms with van der Waals surface area (Å²) in [6, 6.07) is 7.57. The molecule has 160 valence electrons. The number of hydrogen-bond acceptors (Lipinski definition) is 5. The fourth-order valence-corrected chi connectivity index (χ4v) is 3.14. The normalized spacial score (nSPS) is 19.1. The summed E-state index contributed by atoms with van der Waals surface area (Å²) in [4.78, 5) is 35.1. The van der Waals surface area contributed by atoms with Crippen LogP contribution < -0.4 is 10.6 Å². The van der Waals surface area contributed by atoms with Crippen LogP contribution in [0.5, 0.6) is 0 Å². The maximum atomic E-state index is 12.4. The predicted molar refractivity (Wildman–Crippen MR) is 109 cm³/mol. The lowest BCUT2D eigenvalue weighted by atomic mass is 9.89. The highest BCUT2D eigenvalue weighted by Gasteiger charge is 2.35. The van der Waals surface area contributed by atoms with Crippen LogP contribution in [0.15, 0.2) is 24.3 Å². The Morgan fingerprint density at radius 3 is 2.34 bits per heavy atom. The molecule has 1 fully saturated rings. The molecule has 1 aliphatic rings. The van der Waals surface area contributed by atoms with Crippen molar-refractivity contribution in [1.29, 1.82) is 0 Å². The van der Waals surface area contributed by atoms with Crippen molar-refractivity contribution >= 4 is 18.5 Å². The first-order chi connectivity index (χ1) is 13.9. The zero-order valence-electron chi connectivity index (χ0n) is 17.5. The third-order valence-corrected chi connectivity index (χ3v) is 5.41. The maximum Gasteiger partial charge on any atom is 0.407 e. The lowest BCUT2D eigenvalue weighted by Crippen LogP contribution is -2.42. The largest absolute Gasteiger partial charge is 0.458 e. The number of rotatable bonds is 9. The van der Waals surface area contributed by atoms with E-state index in [9.17, 15) is 14.4 Å². The minimum atomic E-state index is -0.548. The SMILES string of the molecule is CCC(C)(C)C(=O)OC1CCCCC1OC(=O)NCc1cccc(CNC=O)c1. The first-order valence-corrected chi connectivity index (χ1v) is 10.3. The van der Waals surface area contributed by atoms with Crippen LogP contribution in [0.4, 0.5) is 4.79 Å². The van der Waals surface area contributed by atoms with Crippen molar-refractivity contribution in [1.82, 2.24) is 10.6 Å². The molecular weight excluding hydrogens is 372 g/mol. The van der Waals surface area contributed by atoms with Crippen molar-refractivity contribution in [3.8, 4) is 0 Å². The molecule has 2 amide bonds. The van der Waals surface area contributed by atoms with Gasteiger partial charge in [0.2, 0.25) is 6.41 Å². The van der Waals surface area contributed by atoms with Gasteiger partial charge < -0.3 is 20.1 Å². The number of benzene rings is 1. The van der Waals surface area contributed by atoms with Crippen molar-refractivity contribution in [2.75, 3.05) is 0 Å². The van der Waals surface area contributed by atoms with Gasteiger partial charge in [-0.15, -0.1) is 0 Å². The summed E-state index contributed by atoms with van der Waals surface area (Å²) < 4.78 is 11.3. The van der Waals surface area contributed by atoms with Crippen LogP contribution in [-0.4, -0.2) is 30.7 Å². The first kappa shape index (κ1) is 22.7. The lowest BCUT2D eigenvalue weighted by molar-refractivity contribution is -0.168. The predicted octanol–water partition coefficient (Wildman–Crippen LogP) is 3.45. The second-order valence-corrected chi connectivity index (χ2v) is 8.08. The molecule has 2 rings (SSSR count). The van der Waals surface area contributed by atoms with Crippen LogP contribution >= 0.6 is 0 Å². The number of esters is 1. The highest BCUT2D eigenvalue weighted by molar-refractivity contribution is 5.76. The zero-order valence-corrected chi connectivity index (χ0v) is 17.5. The average Bonchev–Trinajstić information content (AvgIpc) is 2.72. The molecule has 0 bridgehead atoms. The van der Waals surface area contributed by atoms with E-state index in [1.54, 1.807) is 0 Å². The van der Waals surface area contributed by atoms with E-state index >= 15 is 0 Å². The van der Waals surface area contributed by atoms with Gasteiger partial charge in [0.1, 0.15) is 12.2 Å². The third kappa shape index (κ3) is 7.07. The molecule has 29 heavy (non-hydrogen) atoms. The Morgan fingerprint density at radius 2 is 1.72 bits per heavy atom. The second kappa shape index (κ2) is 10.8. The molecule has 2 unspecified atom stereocenters. The van der Waals surface area contributed by atoms with Crippen LogP contribution in [0.2, 0.25) is 0 Å². The average molecular weight is 405 g/mol. The van der Waals surface area contributed by atoms with Crippen LogP contribution in [-0.2, 0) is 32.2 Å². The Morgan fingerprint density at radius 1 is 1.10 bits per heavy atom. The number of amides is 2. The van der Waals surface area contributed by atoms with E-state index in [0.29, 0.717) is 38.8 Å². The van der Waals surface area contributed by atoms with Gasteiger partial charge in [-0.2, -0.15) is 0 Å². The fraction of sp³-hybridized carbons (Fsp3) is 0.591. The molecule has 0 heterocycles. The van der Waals surface area contributed by atoms with Gasteiger partial charge in [-0.25, -0.2) is 4.79 Å². The number of carbonyl (C=O) groups excluding carboxylic acids is 3. The summed E-state index contributed by atoms with van der Waals surface area (Å²) in [5, 5.41) is 5.37. The molecule has 0 aliphatic heterocycles. The van der Waals surface area contributed by atoms with E-state index in [1.165, 1.54) is 0 Å². The molecule has 7 nitrogen and oxygen atoms in total. The summed E-state index contributed by atoms with van der Waals surface area (Å²) in [5.41, 5.74) is 1.31. The standard InChI is InChI=1S/C22H32N2O5/c1-4-22(2,3)20(26)28-18-10-5-6-11-19(18)29-21(27)24-14-17-9-7-8-16(12-17)13-23-15-25/h7-9,12,15,18-19H,4-6,10-11,13-14H2,1-3H3,(H,23,25)(H,24,27). The quantitative estimate of drug-likeness (QED) is 0.486. The van der Waals surface area contributed by atoms with E-state index in [1.807, 2.05) is 45.0 Å². The summed E-state index contributed by atoms with van der Waals surface area (Å²) in [7, 11) is 0. The smallest absolute Gasteiger partial charge is 0.407 e. The van der Waals surface area contributed by atoms with E-state index < -0.39 is 23.7 Å². The number of hydrogen-bond donors (Lipinski definition) is 2. The molecule has 2 N–H and O–H groups in total. The Hall–Kier alpha value is -2.57. The molecule has 1 saturated carbocycles. The first-order valence-electron chi connectivity index (χ1n) is 10.3. The van der Waals surface area contributed by atoms with Gasteiger partial charge in [0.05, 0.1) is 5.41 Å². The van der Waals surface area contributed by atoms with Crippen molar-refractivity contribution in [2.45, 2.75) is 78.2 Å². The van der Waals surface area contributed by atoms with Gasteiger partial charge >= 0.3 is 12.1 Å². The van der Waals surface area contributed by atoms with Crippen molar-refractivity contribution in [3.05, 3.63) is 35.4 Å². The van der Waals surface area contributed by atoms with E-state index in [0.717, 1.165) is 24.0 Å². The molecule has 1 aromatic carbocycles. The second-order valence-electron chi connectivity index (χ2n) is 8.08. The van der Waals surface area contributed by atoms with E-state index in [-0.39, 0.29) is 5.97 Å². The van der Waals surface area contributed by atoms with Gasteiger partial charge in [-0.05, 0) is 57.1 Å². The van der Waals surface area contributed by atoms with Crippen LogP contribution in [0.1, 0.15) is 64.0 Å². The van der Waals surface area contributed by atoms with Gasteiger partial charge in [-0.1, -0.05) is 31.2 Å². The fourth-order valence-electron chi connectivity index (χ4n) is 3.14. The van der Waals surface area contributed by atoms with Crippen molar-refractivity contribution in [2.24, 2.45) is 5.41 Å². The Kier molecular flexibility index (Phi) is 8.49. The lowest BCUT2D eigenvalue weighted by Gasteiger charge is -2.33. The van der Waals surface area contributed by atoms with Gasteiger partial charge in [-0.3, -0.25) is 9.59 Å². The van der Waals surface area contributed by atoms with Gasteiger partial charge in [0, 0.05) is 13.1 Å². The zero-order chi connectivity index (χ0) is 21.3. The number of alkyl carbamates (subject to hydrolysis) is 1. The summed E-state index contributed by atoms with van der Waals surface area (Å²) in [5.74, 6) is -0.248. The molecule has 1 aliphatic carbocycles. The van der Waals surface area contributed by atoms with Gasteiger partial charge in [0.15, 0.2) is 0 Å². The van der Waals surface area contributed by atoms with E-state index in [4.69, 9.17) is 9.47 Å². The van der Waals surface area contributed by atoms with Crippen LogP contribution in [0.3, 0.4) is 0 Å². The molecule has 0 radical (unpaired) electrons. The highest BCUT2D eigenvalue weighted by Crippen LogP contribution is 2.28. The highest BCUT2D eigenvalue weighted by atomic mass is 16.6. The summed E-state index contributed by atoms with van der Waals surface area (Å²) in [6.45, 7) is 6.42. The topological polar surface area (TPSA) is 93.7 Å². The van der Waals surface area contributed by atoms with Crippen molar-refractivity contribution in [3.63, 3.8) is 0 Å². The number of ether oxygens (including phenoxy) is 2. The summed E-state index contributed by atoms with van der Waals surface area (Å²) >= 11 is 0. The van der Waals surface area contributed by atoms with Gasteiger partial charge in [0.25, 0.3) is 0 Å². The minimum Gasteiger partial charge on any atom is -0.458 e. The molecule has 0 spiro atoms. The molecule has 7 heteroatoms. The van der Waals surface area contributed by atoms with Crippen molar-refractivity contribution < 1.29 is 23.9 Å². The number of carbonyl (C=O) groups is 3.